The molecule has 0 bridgehead atoms. The normalized spacial score (nSPS) is 17.8. The van der Waals surface area contributed by atoms with Gasteiger partial charge in [0.2, 0.25) is 0 Å². The van der Waals surface area contributed by atoms with Crippen molar-refractivity contribution in [3.8, 4) is 0 Å². The van der Waals surface area contributed by atoms with Crippen molar-refractivity contribution in [1.29, 1.82) is 0 Å². The second-order valence-electron chi connectivity index (χ2n) is 6.21. The average Bonchev–Trinajstić information content (AvgIpc) is 3.05. The van der Waals surface area contributed by atoms with Crippen LogP contribution in [0.15, 0.2) is 36.5 Å². The van der Waals surface area contributed by atoms with Gasteiger partial charge in [-0.3, -0.25) is 4.79 Å². The second-order valence-corrected chi connectivity index (χ2v) is 6.21. The molecule has 1 amide bonds. The molecule has 1 fully saturated rings. The number of hydrogen-bond donors (Lipinski definition) is 1. The molecule has 2 aromatic heterocycles. The largest absolute Gasteiger partial charge is 0.342 e. The van der Waals surface area contributed by atoms with Gasteiger partial charge < -0.3 is 9.88 Å². The van der Waals surface area contributed by atoms with Crippen LogP contribution in [-0.4, -0.2) is 38.8 Å². The number of rotatable bonds is 2. The molecule has 0 radical (unpaired) electrons. The van der Waals surface area contributed by atoms with Crippen LogP contribution in [0.2, 0.25) is 0 Å². The number of aromatic nitrogens is 3. The summed E-state index contributed by atoms with van der Waals surface area (Å²) in [5.74, 6) is -1.37. The molecule has 1 atom stereocenters. The van der Waals surface area contributed by atoms with Crippen LogP contribution in [0, 0.1) is 11.6 Å². The smallest absolute Gasteiger partial charge is 0.275 e. The first-order chi connectivity index (χ1) is 12.1. The number of likely N-dealkylation sites (tertiary alicyclic amines) is 1. The number of carbonyl (C=O) groups is 1. The Balaban J connectivity index is 1.57. The summed E-state index contributed by atoms with van der Waals surface area (Å²) in [5, 5.41) is 0. The van der Waals surface area contributed by atoms with Crippen LogP contribution >= 0.6 is 0 Å². The molecule has 1 N–H and O–H groups in total. The Morgan fingerprint density at radius 1 is 1.28 bits per heavy atom. The molecule has 25 heavy (non-hydrogen) atoms. The zero-order valence-electron chi connectivity index (χ0n) is 13.4. The molecule has 7 heteroatoms. The summed E-state index contributed by atoms with van der Waals surface area (Å²) < 4.78 is 26.8. The summed E-state index contributed by atoms with van der Waals surface area (Å²) in [6, 6.07) is 8.42. The van der Waals surface area contributed by atoms with Gasteiger partial charge in [0, 0.05) is 25.1 Å². The number of benzene rings is 1. The standard InChI is InChI=1S/C18H16F2N4O/c19-12-8-13(20)16(21-9-12)18(25)24-7-3-4-11(10-24)17-22-14-5-1-2-6-15(14)23-17/h1-2,5-6,8-9,11H,3-4,7,10H2,(H,22,23)/t11-/m1/s1. The highest BCUT2D eigenvalue weighted by Gasteiger charge is 2.29. The average molecular weight is 342 g/mol. The number of para-hydroxylation sites is 2. The van der Waals surface area contributed by atoms with Crippen molar-refractivity contribution in [2.45, 2.75) is 18.8 Å². The first-order valence-corrected chi connectivity index (χ1v) is 8.17. The number of pyridine rings is 1. The van der Waals surface area contributed by atoms with Crippen LogP contribution in [0.25, 0.3) is 11.0 Å². The second kappa shape index (κ2) is 6.23. The van der Waals surface area contributed by atoms with Gasteiger partial charge in [-0.15, -0.1) is 0 Å². The van der Waals surface area contributed by atoms with E-state index in [-0.39, 0.29) is 11.6 Å². The molecule has 0 unspecified atom stereocenters. The van der Waals surface area contributed by atoms with E-state index < -0.39 is 17.5 Å². The van der Waals surface area contributed by atoms with E-state index in [2.05, 4.69) is 15.0 Å². The lowest BCUT2D eigenvalue weighted by molar-refractivity contribution is 0.0693. The van der Waals surface area contributed by atoms with Gasteiger partial charge in [0.15, 0.2) is 11.5 Å². The first-order valence-electron chi connectivity index (χ1n) is 8.17. The van der Waals surface area contributed by atoms with E-state index in [9.17, 15) is 13.6 Å². The quantitative estimate of drug-likeness (QED) is 0.778. The third-order valence-corrected chi connectivity index (χ3v) is 4.51. The fraction of sp³-hybridized carbons (Fsp3) is 0.278. The fourth-order valence-electron chi connectivity index (χ4n) is 3.27. The predicted molar refractivity (Wildman–Crippen MR) is 88.1 cm³/mol. The zero-order chi connectivity index (χ0) is 17.4. The van der Waals surface area contributed by atoms with Crippen molar-refractivity contribution in [2.24, 2.45) is 0 Å². The van der Waals surface area contributed by atoms with Crippen molar-refractivity contribution >= 4 is 16.9 Å². The monoisotopic (exact) mass is 342 g/mol. The molecule has 0 saturated carbocycles. The highest BCUT2D eigenvalue weighted by molar-refractivity contribution is 5.92. The highest BCUT2D eigenvalue weighted by Crippen LogP contribution is 2.27. The maximum atomic E-state index is 13.8. The predicted octanol–water partition coefficient (Wildman–Crippen LogP) is 3.26. The number of imidazole rings is 1. The van der Waals surface area contributed by atoms with Gasteiger partial charge in [0.1, 0.15) is 11.6 Å². The molecule has 3 heterocycles. The number of halogens is 2. The van der Waals surface area contributed by atoms with Crippen molar-refractivity contribution in [2.75, 3.05) is 13.1 Å². The number of nitrogens with zero attached hydrogens (tertiary/aromatic N) is 3. The van der Waals surface area contributed by atoms with Gasteiger partial charge in [-0.1, -0.05) is 12.1 Å². The molecule has 0 aliphatic carbocycles. The van der Waals surface area contributed by atoms with Gasteiger partial charge in [-0.2, -0.15) is 0 Å². The molecular weight excluding hydrogens is 326 g/mol. The van der Waals surface area contributed by atoms with Crippen molar-refractivity contribution in [1.82, 2.24) is 19.9 Å². The molecule has 0 spiro atoms. The van der Waals surface area contributed by atoms with Gasteiger partial charge in [-0.25, -0.2) is 18.7 Å². The van der Waals surface area contributed by atoms with Gasteiger partial charge in [0.05, 0.1) is 17.2 Å². The Labute approximate surface area is 142 Å². The van der Waals surface area contributed by atoms with Crippen LogP contribution < -0.4 is 0 Å². The molecule has 5 nitrogen and oxygen atoms in total. The maximum Gasteiger partial charge on any atom is 0.275 e. The van der Waals surface area contributed by atoms with E-state index in [1.165, 1.54) is 0 Å². The highest BCUT2D eigenvalue weighted by atomic mass is 19.1. The number of aromatic amines is 1. The van der Waals surface area contributed by atoms with Crippen LogP contribution in [0.4, 0.5) is 8.78 Å². The fourth-order valence-corrected chi connectivity index (χ4v) is 3.27. The van der Waals surface area contributed by atoms with Crippen LogP contribution in [0.3, 0.4) is 0 Å². The summed E-state index contributed by atoms with van der Waals surface area (Å²) in [6.45, 7) is 0.950. The molecule has 128 valence electrons. The first kappa shape index (κ1) is 15.7. The van der Waals surface area contributed by atoms with E-state index in [1.54, 1.807) is 4.90 Å². The third-order valence-electron chi connectivity index (χ3n) is 4.51. The molecule has 1 aliphatic heterocycles. The maximum absolute atomic E-state index is 13.8. The van der Waals surface area contributed by atoms with Crippen molar-refractivity contribution in [3.63, 3.8) is 0 Å². The number of carbonyl (C=O) groups excluding carboxylic acids is 1. The summed E-state index contributed by atoms with van der Waals surface area (Å²) in [5.41, 5.74) is 1.49. The number of amides is 1. The molecule has 4 rings (SSSR count). The Bertz CT molecular complexity index is 907. The molecule has 1 aliphatic rings. The minimum atomic E-state index is -0.934. The van der Waals surface area contributed by atoms with Crippen LogP contribution in [0.5, 0.6) is 0 Å². The van der Waals surface area contributed by atoms with Gasteiger partial charge in [0.25, 0.3) is 5.91 Å². The van der Waals surface area contributed by atoms with Crippen LogP contribution in [0.1, 0.15) is 35.1 Å². The third kappa shape index (κ3) is 2.97. The molecule has 1 saturated heterocycles. The Morgan fingerprint density at radius 2 is 2.12 bits per heavy atom. The van der Waals surface area contributed by atoms with Crippen molar-refractivity contribution < 1.29 is 13.6 Å². The Kier molecular flexibility index (Phi) is 3.91. The summed E-state index contributed by atoms with van der Waals surface area (Å²) in [7, 11) is 0. The van der Waals surface area contributed by atoms with Crippen molar-refractivity contribution in [3.05, 3.63) is 59.7 Å². The van der Waals surface area contributed by atoms with E-state index in [0.717, 1.165) is 35.9 Å². The SMILES string of the molecule is O=C(c1ncc(F)cc1F)N1CCC[C@@H](c2nc3ccccc3[nH]2)C1. The lowest BCUT2D eigenvalue weighted by Gasteiger charge is -2.31. The number of H-pyrrole nitrogens is 1. The van der Waals surface area contributed by atoms with E-state index in [0.29, 0.717) is 19.2 Å². The van der Waals surface area contributed by atoms with E-state index in [4.69, 9.17) is 0 Å². The Morgan fingerprint density at radius 3 is 2.92 bits per heavy atom. The summed E-state index contributed by atoms with van der Waals surface area (Å²) in [4.78, 5) is 25.6. The molecule has 3 aromatic rings. The van der Waals surface area contributed by atoms with Gasteiger partial charge in [-0.05, 0) is 25.0 Å². The lowest BCUT2D eigenvalue weighted by Crippen LogP contribution is -2.40. The van der Waals surface area contributed by atoms with E-state index >= 15 is 0 Å². The number of nitrogens with one attached hydrogen (secondary N) is 1. The minimum absolute atomic E-state index is 0.0496. The lowest BCUT2D eigenvalue weighted by atomic mass is 9.97. The minimum Gasteiger partial charge on any atom is -0.342 e. The topological polar surface area (TPSA) is 61.9 Å². The molecular formula is C18H16F2N4O. The number of piperidine rings is 1. The number of hydrogen-bond acceptors (Lipinski definition) is 3. The number of fused-ring (bicyclic) bond motifs is 1. The van der Waals surface area contributed by atoms with E-state index in [1.807, 2.05) is 24.3 Å². The Hall–Kier alpha value is -2.83. The zero-order valence-corrected chi connectivity index (χ0v) is 13.4. The summed E-state index contributed by atoms with van der Waals surface area (Å²) in [6.07, 6.45) is 2.54. The molecule has 1 aromatic carbocycles. The summed E-state index contributed by atoms with van der Waals surface area (Å²) >= 11 is 0. The van der Waals surface area contributed by atoms with Crippen LogP contribution in [-0.2, 0) is 0 Å². The van der Waals surface area contributed by atoms with Gasteiger partial charge >= 0.3 is 0 Å².